The largest absolute Gasteiger partial charge is 0.355 e. The number of nitrogens with one attached hydrogen (secondary N) is 2. The van der Waals surface area contributed by atoms with Gasteiger partial charge in [0, 0.05) is 33.1 Å². The number of hydrogen-bond donors (Lipinski definition) is 2. The standard InChI is InChI=1S/C12H22N6O/c1-17-10-15-16-11(17)3-5-14-12(19)9-18-7-2-4-13-6-8-18/h10,13H,2-9H2,1H3,(H,14,19). The first-order valence-electron chi connectivity index (χ1n) is 6.78. The number of aromatic nitrogens is 3. The summed E-state index contributed by atoms with van der Waals surface area (Å²) in [4.78, 5) is 14.0. The van der Waals surface area contributed by atoms with E-state index < -0.39 is 0 Å². The molecule has 1 fully saturated rings. The van der Waals surface area contributed by atoms with E-state index in [1.54, 1.807) is 6.33 Å². The number of aryl methyl sites for hydroxylation is 1. The summed E-state index contributed by atoms with van der Waals surface area (Å²) < 4.78 is 1.87. The summed E-state index contributed by atoms with van der Waals surface area (Å²) in [5.41, 5.74) is 0. The fourth-order valence-corrected chi connectivity index (χ4v) is 2.17. The second-order valence-corrected chi connectivity index (χ2v) is 4.84. The molecule has 1 aromatic rings. The minimum Gasteiger partial charge on any atom is -0.355 e. The normalized spacial score (nSPS) is 17.1. The van der Waals surface area contributed by atoms with Crippen LogP contribution in [0.25, 0.3) is 0 Å². The van der Waals surface area contributed by atoms with Crippen LogP contribution in [0.3, 0.4) is 0 Å². The summed E-state index contributed by atoms with van der Waals surface area (Å²) in [6, 6.07) is 0. The van der Waals surface area contributed by atoms with E-state index >= 15 is 0 Å². The molecule has 19 heavy (non-hydrogen) atoms. The molecule has 2 heterocycles. The van der Waals surface area contributed by atoms with Crippen LogP contribution >= 0.6 is 0 Å². The van der Waals surface area contributed by atoms with Gasteiger partial charge >= 0.3 is 0 Å². The van der Waals surface area contributed by atoms with Crippen molar-refractivity contribution in [3.05, 3.63) is 12.2 Å². The zero-order chi connectivity index (χ0) is 13.5. The molecule has 2 rings (SSSR count). The van der Waals surface area contributed by atoms with Crippen molar-refractivity contribution in [2.45, 2.75) is 12.8 Å². The molecule has 0 unspecified atom stereocenters. The molecule has 0 aliphatic carbocycles. The van der Waals surface area contributed by atoms with Crippen LogP contribution in [-0.4, -0.2) is 64.8 Å². The van der Waals surface area contributed by atoms with E-state index in [4.69, 9.17) is 0 Å². The first-order valence-corrected chi connectivity index (χ1v) is 6.78. The van der Waals surface area contributed by atoms with E-state index in [1.165, 1.54) is 0 Å². The van der Waals surface area contributed by atoms with Gasteiger partial charge in [-0.3, -0.25) is 9.69 Å². The monoisotopic (exact) mass is 266 g/mol. The Labute approximate surface area is 113 Å². The first-order chi connectivity index (χ1) is 9.25. The number of carbonyl (C=O) groups excluding carboxylic acids is 1. The van der Waals surface area contributed by atoms with Gasteiger partial charge in [-0.1, -0.05) is 0 Å². The predicted molar refractivity (Wildman–Crippen MR) is 71.6 cm³/mol. The fourth-order valence-electron chi connectivity index (χ4n) is 2.17. The maximum absolute atomic E-state index is 11.8. The van der Waals surface area contributed by atoms with Crippen LogP contribution in [0.1, 0.15) is 12.2 Å². The van der Waals surface area contributed by atoms with Gasteiger partial charge in [0.15, 0.2) is 0 Å². The summed E-state index contributed by atoms with van der Waals surface area (Å²) >= 11 is 0. The van der Waals surface area contributed by atoms with Crippen LogP contribution < -0.4 is 10.6 Å². The van der Waals surface area contributed by atoms with Gasteiger partial charge in [-0.05, 0) is 19.5 Å². The molecule has 0 bridgehead atoms. The number of amides is 1. The van der Waals surface area contributed by atoms with E-state index in [1.807, 2.05) is 11.6 Å². The van der Waals surface area contributed by atoms with Crippen LogP contribution in [0, 0.1) is 0 Å². The van der Waals surface area contributed by atoms with Crippen molar-refractivity contribution in [3.63, 3.8) is 0 Å². The Bertz CT molecular complexity index is 397. The highest BCUT2D eigenvalue weighted by Gasteiger charge is 2.12. The molecule has 1 amide bonds. The lowest BCUT2D eigenvalue weighted by Crippen LogP contribution is -2.39. The Morgan fingerprint density at radius 2 is 2.37 bits per heavy atom. The molecule has 0 spiro atoms. The minimum absolute atomic E-state index is 0.0871. The van der Waals surface area contributed by atoms with E-state index in [9.17, 15) is 4.79 Å². The second kappa shape index (κ2) is 7.20. The maximum atomic E-state index is 11.8. The average Bonchev–Trinajstić information content (AvgIpc) is 2.65. The molecular weight excluding hydrogens is 244 g/mol. The fraction of sp³-hybridized carbons (Fsp3) is 0.750. The molecule has 0 aromatic carbocycles. The smallest absolute Gasteiger partial charge is 0.234 e. The average molecular weight is 266 g/mol. The van der Waals surface area contributed by atoms with Gasteiger partial charge in [-0.25, -0.2) is 0 Å². The Kier molecular flexibility index (Phi) is 5.29. The lowest BCUT2D eigenvalue weighted by molar-refractivity contribution is -0.122. The van der Waals surface area contributed by atoms with Crippen LogP contribution in [0.4, 0.5) is 0 Å². The zero-order valence-electron chi connectivity index (χ0n) is 11.4. The van der Waals surface area contributed by atoms with Gasteiger partial charge in [-0.2, -0.15) is 0 Å². The van der Waals surface area contributed by atoms with Crippen molar-refractivity contribution in [2.24, 2.45) is 7.05 Å². The summed E-state index contributed by atoms with van der Waals surface area (Å²) in [6.07, 6.45) is 3.48. The molecule has 106 valence electrons. The molecular formula is C12H22N6O. The molecule has 2 N–H and O–H groups in total. The minimum atomic E-state index is 0.0871. The van der Waals surface area contributed by atoms with E-state index in [-0.39, 0.29) is 5.91 Å². The van der Waals surface area contributed by atoms with Crippen molar-refractivity contribution in [2.75, 3.05) is 39.3 Å². The maximum Gasteiger partial charge on any atom is 0.234 e. The Balaban J connectivity index is 1.65. The molecule has 1 aromatic heterocycles. The molecule has 1 aliphatic rings. The van der Waals surface area contributed by atoms with Gasteiger partial charge < -0.3 is 15.2 Å². The zero-order valence-corrected chi connectivity index (χ0v) is 11.4. The lowest BCUT2D eigenvalue weighted by atomic mass is 10.3. The van der Waals surface area contributed by atoms with Gasteiger partial charge in [0.25, 0.3) is 0 Å². The summed E-state index contributed by atoms with van der Waals surface area (Å²) in [6.45, 7) is 5.04. The topological polar surface area (TPSA) is 75.1 Å². The lowest BCUT2D eigenvalue weighted by Gasteiger charge is -2.18. The van der Waals surface area contributed by atoms with Crippen molar-refractivity contribution < 1.29 is 4.79 Å². The van der Waals surface area contributed by atoms with Crippen molar-refractivity contribution in [3.8, 4) is 0 Å². The van der Waals surface area contributed by atoms with E-state index in [0.717, 1.165) is 38.4 Å². The SMILES string of the molecule is Cn1cnnc1CCNC(=O)CN1CCCNCC1. The summed E-state index contributed by atoms with van der Waals surface area (Å²) in [7, 11) is 1.90. The highest BCUT2D eigenvalue weighted by Crippen LogP contribution is 1.95. The predicted octanol–water partition coefficient (Wildman–Crippen LogP) is -1.23. The molecule has 1 saturated heterocycles. The van der Waals surface area contributed by atoms with Gasteiger partial charge in [0.05, 0.1) is 6.54 Å². The number of carbonyl (C=O) groups is 1. The number of rotatable bonds is 5. The molecule has 0 atom stereocenters. The van der Waals surface area contributed by atoms with Crippen LogP contribution in [0.5, 0.6) is 0 Å². The van der Waals surface area contributed by atoms with Crippen LogP contribution in [-0.2, 0) is 18.3 Å². The van der Waals surface area contributed by atoms with E-state index in [0.29, 0.717) is 19.5 Å². The Morgan fingerprint density at radius 3 is 3.16 bits per heavy atom. The van der Waals surface area contributed by atoms with Crippen LogP contribution in [0.15, 0.2) is 6.33 Å². The molecule has 7 heteroatoms. The second-order valence-electron chi connectivity index (χ2n) is 4.84. The molecule has 7 nitrogen and oxygen atoms in total. The van der Waals surface area contributed by atoms with Crippen molar-refractivity contribution in [1.29, 1.82) is 0 Å². The molecule has 0 saturated carbocycles. The molecule has 1 aliphatic heterocycles. The Morgan fingerprint density at radius 1 is 1.47 bits per heavy atom. The highest BCUT2D eigenvalue weighted by atomic mass is 16.2. The van der Waals surface area contributed by atoms with E-state index in [2.05, 4.69) is 25.7 Å². The molecule has 0 radical (unpaired) electrons. The first kappa shape index (κ1) is 14.0. The summed E-state index contributed by atoms with van der Waals surface area (Å²) in [5.74, 6) is 0.975. The third kappa shape index (κ3) is 4.60. The van der Waals surface area contributed by atoms with Crippen molar-refractivity contribution >= 4 is 5.91 Å². The third-order valence-corrected chi connectivity index (χ3v) is 3.28. The van der Waals surface area contributed by atoms with Gasteiger partial charge in [-0.15, -0.1) is 10.2 Å². The third-order valence-electron chi connectivity index (χ3n) is 3.28. The van der Waals surface area contributed by atoms with Gasteiger partial charge in [0.2, 0.25) is 5.91 Å². The quantitative estimate of drug-likeness (QED) is 0.698. The van der Waals surface area contributed by atoms with Crippen molar-refractivity contribution in [1.82, 2.24) is 30.3 Å². The highest BCUT2D eigenvalue weighted by molar-refractivity contribution is 5.77. The van der Waals surface area contributed by atoms with Gasteiger partial charge in [0.1, 0.15) is 12.2 Å². The number of nitrogens with zero attached hydrogens (tertiary/aromatic N) is 4. The van der Waals surface area contributed by atoms with Crippen LogP contribution in [0.2, 0.25) is 0 Å². The summed E-state index contributed by atoms with van der Waals surface area (Å²) in [5, 5.41) is 14.1. The Hall–Kier alpha value is -1.47. The number of hydrogen-bond acceptors (Lipinski definition) is 5.